The van der Waals surface area contributed by atoms with Crippen molar-refractivity contribution in [2.75, 3.05) is 89.5 Å². The third-order valence-electron chi connectivity index (χ3n) is 11.8. The largest absolute Gasteiger partial charge is 0.490 e. The summed E-state index contributed by atoms with van der Waals surface area (Å²) in [6.07, 6.45) is 14.6. The van der Waals surface area contributed by atoms with Crippen LogP contribution in [0.25, 0.3) is 22.1 Å². The molecule has 2 saturated heterocycles. The number of nitrogens with zero attached hydrogens (tertiary/aromatic N) is 7. The molecule has 19 heteroatoms. The van der Waals surface area contributed by atoms with Gasteiger partial charge in [-0.1, -0.05) is 7.43 Å². The summed E-state index contributed by atoms with van der Waals surface area (Å²) >= 11 is 0. The molecule has 4 aromatic heterocycles. The van der Waals surface area contributed by atoms with Crippen molar-refractivity contribution in [1.82, 2.24) is 28.7 Å². The summed E-state index contributed by atoms with van der Waals surface area (Å²) in [4.78, 5) is 29.9. The quantitative estimate of drug-likeness (QED) is 0.115. The monoisotopic (exact) mass is 950 g/mol. The van der Waals surface area contributed by atoms with Crippen LogP contribution in [-0.4, -0.2) is 137 Å². The van der Waals surface area contributed by atoms with Crippen LogP contribution in [0.5, 0.6) is 11.5 Å². The van der Waals surface area contributed by atoms with Gasteiger partial charge in [0.2, 0.25) is 0 Å². The van der Waals surface area contributed by atoms with E-state index in [0.29, 0.717) is 30.2 Å². The normalized spacial score (nSPS) is 16.0. The van der Waals surface area contributed by atoms with Gasteiger partial charge in [-0.2, -0.15) is 0 Å². The van der Waals surface area contributed by atoms with Crippen LogP contribution in [0, 0.1) is 0 Å². The van der Waals surface area contributed by atoms with E-state index in [-0.39, 0.29) is 23.7 Å². The van der Waals surface area contributed by atoms with Gasteiger partial charge >= 0.3 is 0 Å². The lowest BCUT2D eigenvalue weighted by molar-refractivity contribution is -0.122. The lowest BCUT2D eigenvalue weighted by atomic mass is 10.2. The first-order chi connectivity index (χ1) is 30.9. The van der Waals surface area contributed by atoms with Gasteiger partial charge in [0.1, 0.15) is 24.7 Å². The number of fused-ring (bicyclic) bond motifs is 4. The maximum absolute atomic E-state index is 13.6. The maximum Gasteiger partial charge on any atom is 0.290 e. The zero-order chi connectivity index (χ0) is 45.3. The second-order valence-corrected chi connectivity index (χ2v) is 20.4. The first-order valence-electron chi connectivity index (χ1n) is 21.4. The molecule has 2 fully saturated rings. The fourth-order valence-corrected chi connectivity index (χ4v) is 10.5. The molecule has 350 valence electrons. The van der Waals surface area contributed by atoms with Gasteiger partial charge < -0.3 is 39.2 Å². The zero-order valence-corrected chi connectivity index (χ0v) is 38.5. The molecule has 4 aliphatic rings. The van der Waals surface area contributed by atoms with E-state index < -0.39 is 19.1 Å². The minimum absolute atomic E-state index is 0. The highest BCUT2D eigenvalue weighted by Gasteiger charge is 2.26. The standard InChI is InChI=1S/C22H26N4O3S.C13H17N3.C9H10ClNO3S.CH2O2.CH4/c1-24-13-14-29-21-7-6-18(15-20(21)24)30(27,28)26-16-17(8-12-25-10-2-3-11-25)22-19(26)5-4-9-23-22;1-2-8-16(7-1)9-5-11-10-15-12-4-3-6-14-13(11)12;1-11-4-5-14-9-3-2-7(6-8(9)11)15(10,12)13;2-1-3;/h4-7,9,15-16H,2-3,8,10-14H2,1H3;3-4,6,10,15H,1-2,5,7-9H2;2-3,6H,4-5H2,1H3;1H,(H,2,3);1H4. The van der Waals surface area contributed by atoms with Crippen LogP contribution in [0.2, 0.25) is 0 Å². The summed E-state index contributed by atoms with van der Waals surface area (Å²) in [6.45, 7) is 9.31. The molecule has 8 heterocycles. The van der Waals surface area contributed by atoms with Crippen LogP contribution >= 0.6 is 10.7 Å². The second-order valence-electron chi connectivity index (χ2n) is 16.0. The minimum Gasteiger partial charge on any atom is -0.490 e. The van der Waals surface area contributed by atoms with E-state index in [4.69, 9.17) is 30.1 Å². The number of carbonyl (C=O) groups is 1. The zero-order valence-electron chi connectivity index (χ0n) is 36.1. The molecule has 10 rings (SSSR count). The van der Waals surface area contributed by atoms with Gasteiger partial charge in [-0.3, -0.25) is 14.8 Å². The molecular formula is C46H59ClN8O8S2. The van der Waals surface area contributed by atoms with Crippen molar-refractivity contribution in [3.63, 3.8) is 0 Å². The summed E-state index contributed by atoms with van der Waals surface area (Å²) in [6, 6.07) is 17.3. The number of nitrogens with one attached hydrogen (secondary N) is 1. The molecule has 0 unspecified atom stereocenters. The topological polar surface area (TPSA) is 183 Å². The highest BCUT2D eigenvalue weighted by molar-refractivity contribution is 8.13. The third-order valence-corrected chi connectivity index (χ3v) is 14.8. The van der Waals surface area contributed by atoms with E-state index in [1.165, 1.54) is 67.0 Å². The lowest BCUT2D eigenvalue weighted by Crippen LogP contribution is -2.29. The number of ether oxygens (including phenoxy) is 2. The van der Waals surface area contributed by atoms with E-state index in [9.17, 15) is 16.8 Å². The number of H-pyrrole nitrogens is 1. The molecule has 0 atom stereocenters. The molecule has 0 aliphatic carbocycles. The maximum atomic E-state index is 13.6. The summed E-state index contributed by atoms with van der Waals surface area (Å²) in [5, 5.41) is 6.89. The van der Waals surface area contributed by atoms with Gasteiger partial charge in [0.15, 0.2) is 0 Å². The van der Waals surface area contributed by atoms with Crippen LogP contribution in [-0.2, 0) is 36.7 Å². The van der Waals surface area contributed by atoms with Crippen molar-refractivity contribution in [3.05, 3.63) is 96.6 Å². The number of benzene rings is 2. The Morgan fingerprint density at radius 2 is 1.23 bits per heavy atom. The number of anilines is 2. The molecule has 6 aromatic rings. The first kappa shape index (κ1) is 49.0. The van der Waals surface area contributed by atoms with Crippen molar-refractivity contribution in [3.8, 4) is 11.5 Å². The Kier molecular flexibility index (Phi) is 16.7. The van der Waals surface area contributed by atoms with E-state index in [2.05, 4.69) is 37.0 Å². The van der Waals surface area contributed by atoms with E-state index >= 15 is 0 Å². The number of hydrogen-bond donors (Lipinski definition) is 2. The van der Waals surface area contributed by atoms with Gasteiger partial charge in [0.05, 0.1) is 56.3 Å². The Bertz CT molecular complexity index is 2750. The molecule has 4 aliphatic heterocycles. The summed E-state index contributed by atoms with van der Waals surface area (Å²) in [5.41, 5.74) is 7.55. The number of likely N-dealkylation sites (tertiary alicyclic amines) is 2. The van der Waals surface area contributed by atoms with E-state index in [1.54, 1.807) is 42.7 Å². The average molecular weight is 952 g/mol. The lowest BCUT2D eigenvalue weighted by Gasteiger charge is -2.28. The highest BCUT2D eigenvalue weighted by Crippen LogP contribution is 2.35. The predicted octanol–water partition coefficient (Wildman–Crippen LogP) is 6.72. The number of aromatic nitrogens is 4. The van der Waals surface area contributed by atoms with E-state index in [1.807, 2.05) is 42.2 Å². The molecule has 0 amide bonds. The summed E-state index contributed by atoms with van der Waals surface area (Å²) < 4.78 is 61.9. The molecular weight excluding hydrogens is 892 g/mol. The number of aromatic amines is 1. The van der Waals surface area contributed by atoms with Gasteiger partial charge in [-0.05, 0) is 136 Å². The van der Waals surface area contributed by atoms with Crippen molar-refractivity contribution in [2.24, 2.45) is 0 Å². The number of hydrogen-bond acceptors (Lipinski definition) is 13. The predicted molar refractivity (Wildman–Crippen MR) is 256 cm³/mol. The van der Waals surface area contributed by atoms with Gasteiger partial charge in [0, 0.05) is 62.7 Å². The molecule has 0 bridgehead atoms. The number of likely N-dealkylation sites (N-methyl/N-ethyl adjacent to an activating group) is 2. The van der Waals surface area contributed by atoms with Crippen molar-refractivity contribution in [2.45, 2.75) is 55.7 Å². The molecule has 0 spiro atoms. The van der Waals surface area contributed by atoms with Gasteiger partial charge in [-0.15, -0.1) is 0 Å². The number of halogens is 1. The Morgan fingerprint density at radius 1 is 0.723 bits per heavy atom. The Balaban J connectivity index is 0.000000169. The molecule has 2 aromatic carbocycles. The highest BCUT2D eigenvalue weighted by atomic mass is 35.7. The second kappa shape index (κ2) is 22.2. The number of carboxylic acid groups (broad SMARTS) is 1. The van der Waals surface area contributed by atoms with Crippen molar-refractivity contribution >= 4 is 69.7 Å². The van der Waals surface area contributed by atoms with Gasteiger partial charge in [-0.25, -0.2) is 20.8 Å². The van der Waals surface area contributed by atoms with Crippen LogP contribution in [0.15, 0.2) is 95.2 Å². The SMILES string of the molecule is C.CN1CCOc2ccc(S(=O)(=O)Cl)cc21.CN1CCOc2ccc(S(=O)(=O)n3cc(CCN4CCCC4)c4ncccc43)cc21.O=CO.c1cnc2c(CCN3CCCC3)c[nH]c2c1. The fraction of sp³-hybridized carbons (Fsp3) is 0.413. The fourth-order valence-electron chi connectivity index (χ4n) is 8.33. The van der Waals surface area contributed by atoms with Gasteiger partial charge in [0.25, 0.3) is 25.5 Å². The molecule has 2 N–H and O–H groups in total. The van der Waals surface area contributed by atoms with Crippen LogP contribution < -0.4 is 19.3 Å². The number of pyridine rings is 2. The minimum atomic E-state index is -3.76. The third kappa shape index (κ3) is 11.9. The summed E-state index contributed by atoms with van der Waals surface area (Å²) in [7, 11) is 1.66. The average Bonchev–Trinajstić information content (AvgIpc) is 4.14. The Morgan fingerprint density at radius 3 is 1.80 bits per heavy atom. The molecule has 16 nitrogen and oxygen atoms in total. The smallest absolute Gasteiger partial charge is 0.290 e. The van der Waals surface area contributed by atoms with Crippen LogP contribution in [0.4, 0.5) is 11.4 Å². The van der Waals surface area contributed by atoms with E-state index in [0.717, 1.165) is 79.1 Å². The Labute approximate surface area is 386 Å². The molecule has 0 radical (unpaired) electrons. The summed E-state index contributed by atoms with van der Waals surface area (Å²) in [5.74, 6) is 1.40. The van der Waals surface area contributed by atoms with Crippen LogP contribution in [0.1, 0.15) is 44.2 Å². The van der Waals surface area contributed by atoms with Crippen molar-refractivity contribution < 1.29 is 36.2 Å². The molecule has 65 heavy (non-hydrogen) atoms. The first-order valence-corrected chi connectivity index (χ1v) is 25.2. The van der Waals surface area contributed by atoms with Crippen molar-refractivity contribution in [1.29, 1.82) is 0 Å². The van der Waals surface area contributed by atoms with Crippen LogP contribution in [0.3, 0.4) is 0 Å². The number of rotatable bonds is 9. The molecule has 0 saturated carbocycles. The Hall–Kier alpha value is -5.40.